The van der Waals surface area contributed by atoms with Crippen molar-refractivity contribution in [2.75, 3.05) is 12.4 Å². The molecule has 2 aromatic carbocycles. The highest BCUT2D eigenvalue weighted by molar-refractivity contribution is 7.22. The molecule has 0 aliphatic heterocycles. The number of hydrogen-bond acceptors (Lipinski definition) is 4. The van der Waals surface area contributed by atoms with E-state index in [-0.39, 0.29) is 17.6 Å². The first-order valence-corrected chi connectivity index (χ1v) is 8.37. The number of thiazole rings is 1. The van der Waals surface area contributed by atoms with Gasteiger partial charge in [-0.3, -0.25) is 4.79 Å². The van der Waals surface area contributed by atoms with Crippen molar-refractivity contribution in [2.24, 2.45) is 5.92 Å². The number of methoxy groups -OCH3 is 1. The third-order valence-corrected chi connectivity index (χ3v) is 4.65. The maximum absolute atomic E-state index is 13.2. The van der Waals surface area contributed by atoms with Crippen LogP contribution in [0.3, 0.4) is 0 Å². The Labute approximate surface area is 143 Å². The lowest BCUT2D eigenvalue weighted by molar-refractivity contribution is -0.119. The SMILES string of the molecule is COc1cccc2sc(NC(=O)C(C)Cc3cccc(F)c3)nc12. The maximum Gasteiger partial charge on any atom is 0.229 e. The number of nitrogens with zero attached hydrogens (tertiary/aromatic N) is 1. The zero-order valence-corrected chi connectivity index (χ0v) is 14.2. The zero-order valence-electron chi connectivity index (χ0n) is 13.4. The van der Waals surface area contributed by atoms with Crippen molar-refractivity contribution in [3.8, 4) is 5.75 Å². The minimum atomic E-state index is -0.293. The first-order valence-electron chi connectivity index (χ1n) is 7.55. The first kappa shape index (κ1) is 16.4. The lowest BCUT2D eigenvalue weighted by Gasteiger charge is -2.10. The van der Waals surface area contributed by atoms with Crippen molar-refractivity contribution < 1.29 is 13.9 Å². The molecule has 0 fully saturated rings. The quantitative estimate of drug-likeness (QED) is 0.752. The summed E-state index contributed by atoms with van der Waals surface area (Å²) in [5.74, 6) is -0.0478. The van der Waals surface area contributed by atoms with Crippen LogP contribution in [0, 0.1) is 11.7 Å². The molecule has 0 bridgehead atoms. The number of carbonyl (C=O) groups is 1. The molecule has 1 heterocycles. The predicted molar refractivity (Wildman–Crippen MR) is 94.1 cm³/mol. The van der Waals surface area contributed by atoms with E-state index in [0.29, 0.717) is 17.3 Å². The Morgan fingerprint density at radius 2 is 2.12 bits per heavy atom. The van der Waals surface area contributed by atoms with Crippen LogP contribution in [0.15, 0.2) is 42.5 Å². The Bertz CT molecular complexity index is 878. The standard InChI is InChI=1S/C18H17FN2O2S/c1-11(9-12-5-3-6-13(19)10-12)17(22)21-18-20-16-14(23-2)7-4-8-15(16)24-18/h3-8,10-11H,9H2,1-2H3,(H,20,21,22). The molecule has 0 saturated heterocycles. The van der Waals surface area contributed by atoms with E-state index in [4.69, 9.17) is 4.74 Å². The van der Waals surface area contributed by atoms with Gasteiger partial charge >= 0.3 is 0 Å². The second-order valence-electron chi connectivity index (χ2n) is 5.55. The Kier molecular flexibility index (Phi) is 4.76. The Morgan fingerprint density at radius 3 is 2.88 bits per heavy atom. The van der Waals surface area contributed by atoms with Gasteiger partial charge in [0.2, 0.25) is 5.91 Å². The number of halogens is 1. The van der Waals surface area contributed by atoms with E-state index < -0.39 is 0 Å². The van der Waals surface area contributed by atoms with Crippen LogP contribution in [0.1, 0.15) is 12.5 Å². The van der Waals surface area contributed by atoms with E-state index in [1.54, 1.807) is 13.2 Å². The van der Waals surface area contributed by atoms with Gasteiger partial charge in [0.05, 0.1) is 11.8 Å². The largest absolute Gasteiger partial charge is 0.494 e. The van der Waals surface area contributed by atoms with Gasteiger partial charge in [0.25, 0.3) is 0 Å². The Morgan fingerprint density at radius 1 is 1.33 bits per heavy atom. The van der Waals surface area contributed by atoms with Crippen molar-refractivity contribution in [3.05, 3.63) is 53.8 Å². The van der Waals surface area contributed by atoms with Gasteiger partial charge in [0.15, 0.2) is 5.13 Å². The number of carbonyl (C=O) groups excluding carboxylic acids is 1. The number of amides is 1. The van der Waals surface area contributed by atoms with E-state index in [0.717, 1.165) is 15.8 Å². The van der Waals surface area contributed by atoms with Crippen molar-refractivity contribution in [1.29, 1.82) is 0 Å². The molecule has 0 saturated carbocycles. The molecule has 1 atom stereocenters. The van der Waals surface area contributed by atoms with Crippen LogP contribution < -0.4 is 10.1 Å². The number of fused-ring (bicyclic) bond motifs is 1. The number of hydrogen-bond donors (Lipinski definition) is 1. The fourth-order valence-corrected chi connectivity index (χ4v) is 3.37. The molecule has 0 spiro atoms. The Balaban J connectivity index is 1.72. The fraction of sp³-hybridized carbons (Fsp3) is 0.222. The second-order valence-corrected chi connectivity index (χ2v) is 6.58. The minimum absolute atomic E-state index is 0.141. The van der Waals surface area contributed by atoms with E-state index in [2.05, 4.69) is 10.3 Å². The summed E-state index contributed by atoms with van der Waals surface area (Å²) in [7, 11) is 1.59. The fourth-order valence-electron chi connectivity index (χ4n) is 2.48. The first-order chi connectivity index (χ1) is 11.6. The summed E-state index contributed by atoms with van der Waals surface area (Å²) >= 11 is 1.40. The van der Waals surface area contributed by atoms with Gasteiger partial charge in [-0.2, -0.15) is 0 Å². The average Bonchev–Trinajstić information content (AvgIpc) is 2.97. The molecule has 3 rings (SSSR count). The predicted octanol–water partition coefficient (Wildman–Crippen LogP) is 4.26. The molecular formula is C18H17FN2O2S. The van der Waals surface area contributed by atoms with Crippen molar-refractivity contribution in [1.82, 2.24) is 4.98 Å². The molecule has 6 heteroatoms. The van der Waals surface area contributed by atoms with Crippen LogP contribution in [0.4, 0.5) is 9.52 Å². The summed E-state index contributed by atoms with van der Waals surface area (Å²) in [6.07, 6.45) is 0.470. The van der Waals surface area contributed by atoms with Crippen LogP contribution in [0.2, 0.25) is 0 Å². The van der Waals surface area contributed by atoms with E-state index in [1.807, 2.05) is 31.2 Å². The third-order valence-electron chi connectivity index (χ3n) is 3.71. The van der Waals surface area contributed by atoms with Gasteiger partial charge in [-0.15, -0.1) is 0 Å². The van der Waals surface area contributed by atoms with E-state index in [1.165, 1.54) is 23.5 Å². The van der Waals surface area contributed by atoms with Crippen LogP contribution in [-0.2, 0) is 11.2 Å². The molecule has 1 N–H and O–H groups in total. The highest BCUT2D eigenvalue weighted by Gasteiger charge is 2.17. The van der Waals surface area contributed by atoms with Gasteiger partial charge in [-0.25, -0.2) is 9.37 Å². The molecule has 24 heavy (non-hydrogen) atoms. The smallest absolute Gasteiger partial charge is 0.229 e. The third kappa shape index (κ3) is 3.54. The molecule has 124 valence electrons. The maximum atomic E-state index is 13.2. The molecule has 0 aliphatic rings. The van der Waals surface area contributed by atoms with Gasteiger partial charge in [0, 0.05) is 5.92 Å². The molecule has 1 amide bonds. The molecule has 1 unspecified atom stereocenters. The number of aromatic nitrogens is 1. The molecule has 0 aliphatic carbocycles. The molecule has 1 aromatic heterocycles. The molecule has 3 aromatic rings. The Hall–Kier alpha value is -2.47. The summed E-state index contributed by atoms with van der Waals surface area (Å²) in [6.45, 7) is 1.81. The summed E-state index contributed by atoms with van der Waals surface area (Å²) in [6, 6.07) is 12.0. The summed E-state index contributed by atoms with van der Waals surface area (Å²) < 4.78 is 19.5. The highest BCUT2D eigenvalue weighted by Crippen LogP contribution is 2.32. The number of ether oxygens (including phenoxy) is 1. The summed E-state index contributed by atoms with van der Waals surface area (Å²) in [4.78, 5) is 16.8. The zero-order chi connectivity index (χ0) is 17.1. The van der Waals surface area contributed by atoms with Gasteiger partial charge in [-0.05, 0) is 36.2 Å². The second kappa shape index (κ2) is 6.97. The van der Waals surface area contributed by atoms with Gasteiger partial charge in [0.1, 0.15) is 17.1 Å². The number of benzene rings is 2. The molecule has 0 radical (unpaired) electrons. The summed E-state index contributed by atoms with van der Waals surface area (Å²) in [5.41, 5.74) is 1.53. The number of nitrogens with one attached hydrogen (secondary N) is 1. The lowest BCUT2D eigenvalue weighted by atomic mass is 10.0. The number of anilines is 1. The van der Waals surface area contributed by atoms with Crippen molar-refractivity contribution in [3.63, 3.8) is 0 Å². The van der Waals surface area contributed by atoms with E-state index >= 15 is 0 Å². The summed E-state index contributed by atoms with van der Waals surface area (Å²) in [5, 5.41) is 3.37. The lowest BCUT2D eigenvalue weighted by Crippen LogP contribution is -2.22. The minimum Gasteiger partial charge on any atom is -0.494 e. The van der Waals surface area contributed by atoms with E-state index in [9.17, 15) is 9.18 Å². The normalized spacial score (nSPS) is 12.1. The highest BCUT2D eigenvalue weighted by atomic mass is 32.1. The van der Waals surface area contributed by atoms with Gasteiger partial charge in [-0.1, -0.05) is 36.5 Å². The van der Waals surface area contributed by atoms with Crippen LogP contribution >= 0.6 is 11.3 Å². The van der Waals surface area contributed by atoms with Gasteiger partial charge < -0.3 is 10.1 Å². The van der Waals surface area contributed by atoms with Crippen molar-refractivity contribution in [2.45, 2.75) is 13.3 Å². The van der Waals surface area contributed by atoms with Crippen LogP contribution in [0.25, 0.3) is 10.2 Å². The topological polar surface area (TPSA) is 51.2 Å². The average molecular weight is 344 g/mol. The number of para-hydroxylation sites is 1. The molecule has 4 nitrogen and oxygen atoms in total. The monoisotopic (exact) mass is 344 g/mol. The van der Waals surface area contributed by atoms with Crippen LogP contribution in [-0.4, -0.2) is 18.0 Å². The van der Waals surface area contributed by atoms with Crippen molar-refractivity contribution >= 4 is 32.6 Å². The van der Waals surface area contributed by atoms with Crippen LogP contribution in [0.5, 0.6) is 5.75 Å². The molecular weight excluding hydrogens is 327 g/mol. The number of rotatable bonds is 5.